The Bertz CT molecular complexity index is 777. The topological polar surface area (TPSA) is 69.0 Å². The highest BCUT2D eigenvalue weighted by atomic mass is 35.5. The van der Waals surface area contributed by atoms with Gasteiger partial charge >= 0.3 is 0 Å². The lowest BCUT2D eigenvalue weighted by atomic mass is 9.96. The molecule has 0 spiro atoms. The lowest BCUT2D eigenvalue weighted by molar-refractivity contribution is 0.0945. The monoisotopic (exact) mass is 354 g/mol. The van der Waals surface area contributed by atoms with Crippen LogP contribution in [0.4, 0.5) is 5.82 Å². The van der Waals surface area contributed by atoms with E-state index in [1.807, 2.05) is 0 Å². The molecular formula is C19H19ClN4O. The predicted molar refractivity (Wildman–Crippen MR) is 97.7 cm³/mol. The first-order valence-electron chi connectivity index (χ1n) is 8.31. The van der Waals surface area contributed by atoms with Gasteiger partial charge in [-0.05, 0) is 55.2 Å². The third-order valence-electron chi connectivity index (χ3n) is 4.48. The zero-order chi connectivity index (χ0) is 17.6. The van der Waals surface area contributed by atoms with Gasteiger partial charge in [0.2, 0.25) is 0 Å². The summed E-state index contributed by atoms with van der Waals surface area (Å²) in [5.74, 6) is 1.12. The molecule has 0 bridgehead atoms. The van der Waals surface area contributed by atoms with Crippen LogP contribution in [0.1, 0.15) is 28.8 Å². The van der Waals surface area contributed by atoms with Crippen LogP contribution in [0.5, 0.6) is 0 Å². The van der Waals surface area contributed by atoms with Gasteiger partial charge in [-0.3, -0.25) is 4.79 Å². The molecule has 1 aliphatic heterocycles. The highest BCUT2D eigenvalue weighted by molar-refractivity contribution is 6.30. The maximum atomic E-state index is 12.2. The summed E-state index contributed by atoms with van der Waals surface area (Å²) < 4.78 is 0. The number of nitriles is 1. The van der Waals surface area contributed by atoms with Gasteiger partial charge in [-0.2, -0.15) is 5.26 Å². The number of carbonyl (C=O) groups is 1. The van der Waals surface area contributed by atoms with Crippen LogP contribution in [-0.2, 0) is 0 Å². The van der Waals surface area contributed by atoms with Crippen LogP contribution >= 0.6 is 11.6 Å². The highest BCUT2D eigenvalue weighted by Crippen LogP contribution is 2.23. The van der Waals surface area contributed by atoms with E-state index >= 15 is 0 Å². The number of hydrogen-bond donors (Lipinski definition) is 1. The fourth-order valence-electron chi connectivity index (χ4n) is 3.03. The molecule has 2 heterocycles. The number of carbonyl (C=O) groups excluding carboxylic acids is 1. The Labute approximate surface area is 152 Å². The molecule has 3 rings (SSSR count). The number of benzene rings is 1. The summed E-state index contributed by atoms with van der Waals surface area (Å²) in [6.45, 7) is 2.34. The van der Waals surface area contributed by atoms with Gasteiger partial charge in [0.15, 0.2) is 0 Å². The first kappa shape index (κ1) is 17.2. The summed E-state index contributed by atoms with van der Waals surface area (Å²) in [6.07, 6.45) is 3.64. The van der Waals surface area contributed by atoms with Crippen molar-refractivity contribution in [3.8, 4) is 6.07 Å². The summed E-state index contributed by atoms with van der Waals surface area (Å²) in [5, 5.41) is 12.8. The molecule has 1 amide bonds. The van der Waals surface area contributed by atoms with Crippen molar-refractivity contribution < 1.29 is 4.79 Å². The van der Waals surface area contributed by atoms with Crippen molar-refractivity contribution in [2.45, 2.75) is 12.8 Å². The normalized spacial score (nSPS) is 14.8. The van der Waals surface area contributed by atoms with E-state index in [2.05, 4.69) is 21.3 Å². The number of anilines is 1. The van der Waals surface area contributed by atoms with Crippen molar-refractivity contribution in [2.75, 3.05) is 24.5 Å². The second-order valence-electron chi connectivity index (χ2n) is 6.13. The van der Waals surface area contributed by atoms with Crippen LogP contribution < -0.4 is 10.2 Å². The van der Waals surface area contributed by atoms with E-state index in [0.717, 1.165) is 31.7 Å². The Morgan fingerprint density at radius 3 is 2.68 bits per heavy atom. The lowest BCUT2D eigenvalue weighted by Gasteiger charge is -2.33. The van der Waals surface area contributed by atoms with Crippen LogP contribution in [0.15, 0.2) is 42.6 Å². The molecule has 0 atom stereocenters. The summed E-state index contributed by atoms with van der Waals surface area (Å²) in [4.78, 5) is 18.6. The molecule has 1 saturated heterocycles. The van der Waals surface area contributed by atoms with Gasteiger partial charge in [-0.15, -0.1) is 0 Å². The highest BCUT2D eigenvalue weighted by Gasteiger charge is 2.22. The van der Waals surface area contributed by atoms with E-state index < -0.39 is 0 Å². The molecule has 128 valence electrons. The van der Waals surface area contributed by atoms with Crippen LogP contribution in [0.25, 0.3) is 0 Å². The standard InChI is InChI=1S/C19H19ClN4O/c20-17-5-3-15(4-6-17)19(25)23-13-14-7-10-24(11-8-14)18-16(12-21)2-1-9-22-18/h1-6,9,14H,7-8,10-11,13H2,(H,23,25). The van der Waals surface area contributed by atoms with Crippen LogP contribution in [0.3, 0.4) is 0 Å². The van der Waals surface area contributed by atoms with Crippen molar-refractivity contribution in [1.82, 2.24) is 10.3 Å². The van der Waals surface area contributed by atoms with Crippen molar-refractivity contribution in [3.05, 3.63) is 58.7 Å². The number of pyridine rings is 1. The second kappa shape index (κ2) is 8.00. The summed E-state index contributed by atoms with van der Waals surface area (Å²) in [5.41, 5.74) is 1.23. The molecule has 0 saturated carbocycles. The zero-order valence-electron chi connectivity index (χ0n) is 13.8. The first-order chi connectivity index (χ1) is 12.2. The second-order valence-corrected chi connectivity index (χ2v) is 6.57. The predicted octanol–water partition coefficient (Wildman–Crippen LogP) is 3.25. The largest absolute Gasteiger partial charge is 0.356 e. The number of rotatable bonds is 4. The number of nitrogens with one attached hydrogen (secondary N) is 1. The molecule has 5 nitrogen and oxygen atoms in total. The maximum Gasteiger partial charge on any atom is 0.251 e. The Kier molecular flexibility index (Phi) is 5.52. The number of aromatic nitrogens is 1. The number of amides is 1. The molecule has 1 aliphatic rings. The summed E-state index contributed by atoms with van der Waals surface area (Å²) in [7, 11) is 0. The van der Waals surface area contributed by atoms with E-state index in [4.69, 9.17) is 11.6 Å². The average Bonchev–Trinajstić information content (AvgIpc) is 2.67. The molecule has 0 radical (unpaired) electrons. The number of piperidine rings is 1. The number of hydrogen-bond acceptors (Lipinski definition) is 4. The maximum absolute atomic E-state index is 12.2. The van der Waals surface area contributed by atoms with E-state index in [-0.39, 0.29) is 5.91 Å². The van der Waals surface area contributed by atoms with Gasteiger partial charge in [-0.25, -0.2) is 4.98 Å². The van der Waals surface area contributed by atoms with Gasteiger partial charge < -0.3 is 10.2 Å². The van der Waals surface area contributed by atoms with E-state index in [1.54, 1.807) is 42.6 Å². The number of halogens is 1. The molecule has 1 aromatic carbocycles. The smallest absolute Gasteiger partial charge is 0.251 e. The lowest BCUT2D eigenvalue weighted by Crippen LogP contribution is -2.39. The van der Waals surface area contributed by atoms with Crippen LogP contribution in [-0.4, -0.2) is 30.5 Å². The summed E-state index contributed by atoms with van der Waals surface area (Å²) >= 11 is 5.84. The Balaban J connectivity index is 1.50. The fraction of sp³-hybridized carbons (Fsp3) is 0.316. The molecule has 0 unspecified atom stereocenters. The van der Waals surface area contributed by atoms with Gasteiger partial charge in [0, 0.05) is 36.4 Å². The van der Waals surface area contributed by atoms with E-state index in [0.29, 0.717) is 28.6 Å². The molecule has 25 heavy (non-hydrogen) atoms. The van der Waals surface area contributed by atoms with Crippen molar-refractivity contribution in [1.29, 1.82) is 5.26 Å². The Morgan fingerprint density at radius 1 is 1.28 bits per heavy atom. The minimum Gasteiger partial charge on any atom is -0.356 e. The van der Waals surface area contributed by atoms with E-state index in [1.165, 1.54) is 0 Å². The molecule has 6 heteroatoms. The van der Waals surface area contributed by atoms with Gasteiger partial charge in [0.05, 0.1) is 5.56 Å². The van der Waals surface area contributed by atoms with Crippen LogP contribution in [0, 0.1) is 17.2 Å². The molecular weight excluding hydrogens is 336 g/mol. The molecule has 1 N–H and O–H groups in total. The molecule has 1 fully saturated rings. The third kappa shape index (κ3) is 4.28. The SMILES string of the molecule is N#Cc1cccnc1N1CCC(CNC(=O)c2ccc(Cl)cc2)CC1. The minimum atomic E-state index is -0.0735. The van der Waals surface area contributed by atoms with Crippen molar-refractivity contribution in [3.63, 3.8) is 0 Å². The van der Waals surface area contributed by atoms with E-state index in [9.17, 15) is 10.1 Å². The molecule has 2 aromatic rings. The first-order valence-corrected chi connectivity index (χ1v) is 8.69. The third-order valence-corrected chi connectivity index (χ3v) is 4.73. The average molecular weight is 355 g/mol. The minimum absolute atomic E-state index is 0.0735. The van der Waals surface area contributed by atoms with Gasteiger partial charge in [0.1, 0.15) is 11.9 Å². The Morgan fingerprint density at radius 2 is 2.00 bits per heavy atom. The zero-order valence-corrected chi connectivity index (χ0v) is 14.5. The van der Waals surface area contributed by atoms with Crippen LogP contribution in [0.2, 0.25) is 5.02 Å². The van der Waals surface area contributed by atoms with Crippen molar-refractivity contribution in [2.24, 2.45) is 5.92 Å². The van der Waals surface area contributed by atoms with Gasteiger partial charge in [-0.1, -0.05) is 11.6 Å². The molecule has 0 aliphatic carbocycles. The van der Waals surface area contributed by atoms with Crippen molar-refractivity contribution >= 4 is 23.3 Å². The van der Waals surface area contributed by atoms with Gasteiger partial charge in [0.25, 0.3) is 5.91 Å². The summed E-state index contributed by atoms with van der Waals surface area (Å²) in [6, 6.07) is 12.7. The Hall–Kier alpha value is -2.58. The molecule has 1 aromatic heterocycles. The number of nitrogens with zero attached hydrogens (tertiary/aromatic N) is 3. The quantitative estimate of drug-likeness (QED) is 0.915. The fourth-order valence-corrected chi connectivity index (χ4v) is 3.15.